The van der Waals surface area contributed by atoms with Gasteiger partial charge in [0.25, 0.3) is 0 Å². The van der Waals surface area contributed by atoms with Crippen molar-refractivity contribution in [2.24, 2.45) is 7.05 Å². The van der Waals surface area contributed by atoms with Crippen molar-refractivity contribution in [1.29, 1.82) is 0 Å². The molecule has 0 aliphatic carbocycles. The lowest BCUT2D eigenvalue weighted by Gasteiger charge is -2.02. The molecule has 0 unspecified atom stereocenters. The Morgan fingerprint density at radius 3 is 2.54 bits per heavy atom. The van der Waals surface area contributed by atoms with Gasteiger partial charge in [0.2, 0.25) is 0 Å². The number of hydrogen-bond donors (Lipinski definition) is 1. The zero-order chi connectivity index (χ0) is 18.8. The molecule has 0 fully saturated rings. The van der Waals surface area contributed by atoms with Crippen LogP contribution < -0.4 is 5.73 Å². The summed E-state index contributed by atoms with van der Waals surface area (Å²) >= 11 is 1.40. The zero-order valence-corrected chi connectivity index (χ0v) is 15.8. The van der Waals surface area contributed by atoms with Crippen molar-refractivity contribution in [3.63, 3.8) is 0 Å². The number of thioether (sulfide) groups is 1. The number of ether oxygens (including phenoxy) is 1. The Balaban J connectivity index is 2.24. The van der Waals surface area contributed by atoms with Gasteiger partial charge in [0, 0.05) is 12.6 Å². The fourth-order valence-electron chi connectivity index (χ4n) is 2.62. The fourth-order valence-corrected chi connectivity index (χ4v) is 2.98. The molecule has 132 valence electrons. The maximum absolute atomic E-state index is 12.1. The van der Waals surface area contributed by atoms with Crippen molar-refractivity contribution >= 4 is 34.5 Å². The third-order valence-electron chi connectivity index (χ3n) is 3.99. The van der Waals surface area contributed by atoms with Crippen LogP contribution in [0.15, 0.2) is 29.4 Å². The lowest BCUT2D eigenvalue weighted by molar-refractivity contribution is 0.0591. The number of benzene rings is 1. The van der Waals surface area contributed by atoms with E-state index in [0.29, 0.717) is 21.9 Å². The second-order valence-electron chi connectivity index (χ2n) is 5.69. The SMILES string of the molecule is COC(=O)c1c(N)c2c(C#Cc3ccc(C)cc3)nc(SC)nc2n1C. The summed E-state index contributed by atoms with van der Waals surface area (Å²) in [7, 11) is 3.04. The number of nitrogens with two attached hydrogens (primary N) is 1. The zero-order valence-electron chi connectivity index (χ0n) is 15.0. The minimum atomic E-state index is -0.522. The van der Waals surface area contributed by atoms with Gasteiger partial charge in [-0.15, -0.1) is 0 Å². The molecule has 1 aromatic carbocycles. The number of nitrogens with zero attached hydrogens (tertiary/aromatic N) is 3. The molecule has 7 heteroatoms. The van der Waals surface area contributed by atoms with Gasteiger partial charge in [-0.25, -0.2) is 14.8 Å². The molecule has 0 aliphatic heterocycles. The third-order valence-corrected chi connectivity index (χ3v) is 4.53. The smallest absolute Gasteiger partial charge is 0.356 e. The van der Waals surface area contributed by atoms with Crippen molar-refractivity contribution in [3.05, 3.63) is 46.8 Å². The summed E-state index contributed by atoms with van der Waals surface area (Å²) in [4.78, 5) is 21.1. The number of hydrogen-bond acceptors (Lipinski definition) is 6. The van der Waals surface area contributed by atoms with Crippen molar-refractivity contribution < 1.29 is 9.53 Å². The van der Waals surface area contributed by atoms with Crippen LogP contribution in [0.25, 0.3) is 11.0 Å². The summed E-state index contributed by atoms with van der Waals surface area (Å²) in [6, 6.07) is 7.90. The van der Waals surface area contributed by atoms with Crippen LogP contribution in [-0.4, -0.2) is 33.9 Å². The van der Waals surface area contributed by atoms with E-state index in [9.17, 15) is 4.79 Å². The number of aromatic nitrogens is 3. The number of carbonyl (C=O) groups excluding carboxylic acids is 1. The van der Waals surface area contributed by atoms with Crippen LogP contribution in [0.5, 0.6) is 0 Å². The Labute approximate surface area is 155 Å². The minimum Gasteiger partial charge on any atom is -0.464 e. The van der Waals surface area contributed by atoms with Gasteiger partial charge in [0.1, 0.15) is 11.3 Å². The van der Waals surface area contributed by atoms with E-state index in [1.165, 1.54) is 24.4 Å². The monoisotopic (exact) mass is 366 g/mol. The molecular formula is C19H18N4O2S. The van der Waals surface area contributed by atoms with Crippen LogP contribution >= 0.6 is 11.8 Å². The van der Waals surface area contributed by atoms with Crippen LogP contribution in [0.3, 0.4) is 0 Å². The number of fused-ring (bicyclic) bond motifs is 1. The lowest BCUT2D eigenvalue weighted by atomic mass is 10.1. The molecule has 0 amide bonds. The molecule has 26 heavy (non-hydrogen) atoms. The van der Waals surface area contributed by atoms with E-state index in [0.717, 1.165) is 5.56 Å². The molecule has 3 rings (SSSR count). The van der Waals surface area contributed by atoms with Crippen molar-refractivity contribution in [3.8, 4) is 11.8 Å². The van der Waals surface area contributed by atoms with Crippen LogP contribution in [0, 0.1) is 18.8 Å². The summed E-state index contributed by atoms with van der Waals surface area (Å²) in [6.07, 6.45) is 1.88. The van der Waals surface area contributed by atoms with Crippen LogP contribution in [0.2, 0.25) is 0 Å². The Morgan fingerprint density at radius 2 is 1.92 bits per heavy atom. The number of carbonyl (C=O) groups is 1. The van der Waals surface area contributed by atoms with Gasteiger partial charge in [-0.05, 0) is 31.2 Å². The van der Waals surface area contributed by atoms with Crippen LogP contribution in [-0.2, 0) is 11.8 Å². The van der Waals surface area contributed by atoms with E-state index in [2.05, 4.69) is 21.8 Å². The highest BCUT2D eigenvalue weighted by Crippen LogP contribution is 2.30. The van der Waals surface area contributed by atoms with E-state index < -0.39 is 5.97 Å². The molecule has 2 aromatic heterocycles. The predicted octanol–water partition coefficient (Wildman–Crippen LogP) is 2.77. The molecule has 0 atom stereocenters. The number of esters is 1. The molecule has 6 nitrogen and oxygen atoms in total. The largest absolute Gasteiger partial charge is 0.464 e. The molecule has 3 aromatic rings. The Morgan fingerprint density at radius 1 is 1.23 bits per heavy atom. The van der Waals surface area contributed by atoms with Gasteiger partial charge in [-0.1, -0.05) is 35.4 Å². The van der Waals surface area contributed by atoms with E-state index in [4.69, 9.17) is 10.5 Å². The Bertz CT molecular complexity index is 1060. The Hall–Kier alpha value is -2.98. The first kappa shape index (κ1) is 17.8. The van der Waals surface area contributed by atoms with Gasteiger partial charge in [-0.3, -0.25) is 0 Å². The maximum atomic E-state index is 12.1. The standard InChI is InChI=1S/C19H18N4O2S/c1-11-5-7-12(8-6-11)9-10-13-14-15(20)16(18(24)25-3)23(2)17(14)22-19(21-13)26-4/h5-8H,20H2,1-4H3. The van der Waals surface area contributed by atoms with Gasteiger partial charge in [-0.2, -0.15) is 0 Å². The van der Waals surface area contributed by atoms with Gasteiger partial charge >= 0.3 is 5.97 Å². The van der Waals surface area contributed by atoms with E-state index in [-0.39, 0.29) is 11.4 Å². The number of methoxy groups -OCH3 is 1. The average molecular weight is 366 g/mol. The number of nitrogen functional groups attached to an aromatic ring is 1. The molecule has 0 saturated carbocycles. The summed E-state index contributed by atoms with van der Waals surface area (Å²) in [6.45, 7) is 2.02. The highest BCUT2D eigenvalue weighted by Gasteiger charge is 2.23. The first-order chi connectivity index (χ1) is 12.5. The second kappa shape index (κ2) is 7.10. The number of anilines is 1. The van der Waals surface area contributed by atoms with Gasteiger partial charge in [0.15, 0.2) is 10.9 Å². The highest BCUT2D eigenvalue weighted by atomic mass is 32.2. The summed E-state index contributed by atoms with van der Waals surface area (Å²) in [5, 5.41) is 1.12. The van der Waals surface area contributed by atoms with Gasteiger partial charge < -0.3 is 15.0 Å². The number of aryl methyl sites for hydroxylation is 2. The van der Waals surface area contributed by atoms with Crippen molar-refractivity contribution in [1.82, 2.24) is 14.5 Å². The lowest BCUT2D eigenvalue weighted by Crippen LogP contribution is -2.10. The maximum Gasteiger partial charge on any atom is 0.356 e. The molecule has 0 radical (unpaired) electrons. The van der Waals surface area contributed by atoms with Crippen molar-refractivity contribution in [2.75, 3.05) is 19.1 Å². The third kappa shape index (κ3) is 3.11. The molecule has 2 N–H and O–H groups in total. The molecule has 2 heterocycles. The summed E-state index contributed by atoms with van der Waals surface area (Å²) in [5.41, 5.74) is 9.82. The van der Waals surface area contributed by atoms with Crippen LogP contribution in [0.4, 0.5) is 5.69 Å². The Kier molecular flexibility index (Phi) is 4.87. The minimum absolute atomic E-state index is 0.244. The quantitative estimate of drug-likeness (QED) is 0.325. The second-order valence-corrected chi connectivity index (χ2v) is 6.46. The molecule has 0 spiro atoms. The van der Waals surface area contributed by atoms with E-state index in [1.54, 1.807) is 11.6 Å². The number of rotatable bonds is 2. The van der Waals surface area contributed by atoms with Crippen molar-refractivity contribution in [2.45, 2.75) is 12.1 Å². The average Bonchev–Trinajstić information content (AvgIpc) is 2.91. The topological polar surface area (TPSA) is 83.0 Å². The van der Waals surface area contributed by atoms with E-state index >= 15 is 0 Å². The summed E-state index contributed by atoms with van der Waals surface area (Å²) in [5.74, 6) is 5.65. The molecule has 0 bridgehead atoms. The predicted molar refractivity (Wildman–Crippen MR) is 103 cm³/mol. The molecular weight excluding hydrogens is 348 g/mol. The highest BCUT2D eigenvalue weighted by molar-refractivity contribution is 7.98. The normalized spacial score (nSPS) is 10.5. The van der Waals surface area contributed by atoms with Gasteiger partial charge in [0.05, 0.1) is 18.2 Å². The fraction of sp³-hybridized carbons (Fsp3) is 0.211. The molecule has 0 aliphatic rings. The first-order valence-electron chi connectivity index (χ1n) is 7.83. The summed E-state index contributed by atoms with van der Waals surface area (Å²) < 4.78 is 6.46. The molecule has 0 saturated heterocycles. The van der Waals surface area contributed by atoms with Crippen LogP contribution in [0.1, 0.15) is 27.3 Å². The van der Waals surface area contributed by atoms with E-state index in [1.807, 2.05) is 37.4 Å². The first-order valence-corrected chi connectivity index (χ1v) is 9.05.